The molecule has 0 radical (unpaired) electrons. The molecule has 1 rings (SSSR count). The van der Waals surface area contributed by atoms with Gasteiger partial charge >= 0.3 is 11.9 Å². The number of hydrogen-bond acceptors (Lipinski definition) is 4. The molecular weight excluding hydrogens is 256 g/mol. The summed E-state index contributed by atoms with van der Waals surface area (Å²) in [5, 5.41) is 0. The summed E-state index contributed by atoms with van der Waals surface area (Å²) < 4.78 is 10.00. The summed E-state index contributed by atoms with van der Waals surface area (Å²) in [6.45, 7) is 10.2. The third-order valence-electron chi connectivity index (χ3n) is 2.82. The van der Waals surface area contributed by atoms with E-state index in [9.17, 15) is 9.59 Å². The summed E-state index contributed by atoms with van der Waals surface area (Å²) in [5.41, 5.74) is 1.47. The maximum atomic E-state index is 11.9. The van der Waals surface area contributed by atoms with Crippen molar-refractivity contribution >= 4 is 11.9 Å². The molecule has 20 heavy (non-hydrogen) atoms. The lowest BCUT2D eigenvalue weighted by Gasteiger charge is -2.20. The first kappa shape index (κ1) is 16.2. The highest BCUT2D eigenvalue weighted by atomic mass is 16.5. The summed E-state index contributed by atoms with van der Waals surface area (Å²) in [6.07, 6.45) is 0. The minimum absolute atomic E-state index is 0.177. The molecule has 0 aliphatic carbocycles. The second-order valence-electron chi connectivity index (χ2n) is 5.49. The van der Waals surface area contributed by atoms with Gasteiger partial charge in [0.1, 0.15) is 0 Å². The highest BCUT2D eigenvalue weighted by Crippen LogP contribution is 2.25. The molecular formula is C16H22O4. The maximum absolute atomic E-state index is 11.9. The molecule has 0 fully saturated rings. The van der Waals surface area contributed by atoms with E-state index in [2.05, 4.69) is 0 Å². The third kappa shape index (κ3) is 4.08. The number of carbonyl (C=O) groups excluding carboxylic acids is 2. The molecule has 0 saturated carbocycles. The smallest absolute Gasteiger partial charge is 0.338 e. The van der Waals surface area contributed by atoms with Crippen LogP contribution in [0.4, 0.5) is 0 Å². The molecule has 0 aromatic heterocycles. The quantitative estimate of drug-likeness (QED) is 0.793. The van der Waals surface area contributed by atoms with Gasteiger partial charge in [0.25, 0.3) is 0 Å². The fraction of sp³-hybridized carbons (Fsp3) is 0.500. The topological polar surface area (TPSA) is 52.6 Å². The van der Waals surface area contributed by atoms with Crippen molar-refractivity contribution in [3.63, 3.8) is 0 Å². The number of benzene rings is 1. The Balaban J connectivity index is 3.28. The molecule has 110 valence electrons. The van der Waals surface area contributed by atoms with Gasteiger partial charge in [-0.3, -0.25) is 0 Å². The molecule has 0 unspecified atom stereocenters. The van der Waals surface area contributed by atoms with Gasteiger partial charge in [0.05, 0.1) is 24.3 Å². The van der Waals surface area contributed by atoms with Gasteiger partial charge in [0, 0.05) is 0 Å². The fourth-order valence-electron chi connectivity index (χ4n) is 1.73. The Morgan fingerprint density at radius 2 is 1.30 bits per heavy atom. The predicted molar refractivity (Wildman–Crippen MR) is 77.1 cm³/mol. The lowest BCUT2D eigenvalue weighted by Crippen LogP contribution is -2.16. The fourth-order valence-corrected chi connectivity index (χ4v) is 1.73. The van der Waals surface area contributed by atoms with E-state index in [1.54, 1.807) is 26.0 Å². The summed E-state index contributed by atoms with van der Waals surface area (Å²) in [7, 11) is 0. The first-order valence-electron chi connectivity index (χ1n) is 6.79. The van der Waals surface area contributed by atoms with Gasteiger partial charge < -0.3 is 9.47 Å². The van der Waals surface area contributed by atoms with Crippen molar-refractivity contribution in [3.8, 4) is 0 Å². The molecule has 1 aromatic carbocycles. The number of carbonyl (C=O) groups is 2. The van der Waals surface area contributed by atoms with Crippen LogP contribution in [0.2, 0.25) is 0 Å². The van der Waals surface area contributed by atoms with E-state index in [1.807, 2.05) is 20.8 Å². The SMILES string of the molecule is CCOC(=O)c1cc(C(=O)OCC)cc(C(C)(C)C)c1. The molecule has 0 amide bonds. The summed E-state index contributed by atoms with van der Waals surface area (Å²) >= 11 is 0. The van der Waals surface area contributed by atoms with E-state index in [4.69, 9.17) is 9.47 Å². The molecule has 0 spiro atoms. The van der Waals surface area contributed by atoms with E-state index >= 15 is 0 Å². The molecule has 0 aliphatic heterocycles. The number of hydrogen-bond donors (Lipinski definition) is 0. The van der Waals surface area contributed by atoms with Crippen LogP contribution in [-0.2, 0) is 14.9 Å². The minimum Gasteiger partial charge on any atom is -0.462 e. The van der Waals surface area contributed by atoms with Crippen molar-refractivity contribution < 1.29 is 19.1 Å². The van der Waals surface area contributed by atoms with Crippen LogP contribution in [0.3, 0.4) is 0 Å². The molecule has 4 heteroatoms. The zero-order valence-electron chi connectivity index (χ0n) is 12.8. The number of ether oxygens (including phenoxy) is 2. The van der Waals surface area contributed by atoms with Crippen molar-refractivity contribution in [1.82, 2.24) is 0 Å². The van der Waals surface area contributed by atoms with Gasteiger partial charge in [-0.25, -0.2) is 9.59 Å². The molecule has 1 aromatic rings. The van der Waals surface area contributed by atoms with Crippen LogP contribution < -0.4 is 0 Å². The highest BCUT2D eigenvalue weighted by Gasteiger charge is 2.20. The van der Waals surface area contributed by atoms with Crippen molar-refractivity contribution in [3.05, 3.63) is 34.9 Å². The predicted octanol–water partition coefficient (Wildman–Crippen LogP) is 3.34. The Labute approximate surface area is 120 Å². The Morgan fingerprint density at radius 1 is 0.900 bits per heavy atom. The van der Waals surface area contributed by atoms with Gasteiger partial charge in [-0.1, -0.05) is 20.8 Å². The summed E-state index contributed by atoms with van der Waals surface area (Å²) in [4.78, 5) is 23.8. The first-order valence-corrected chi connectivity index (χ1v) is 6.79. The lowest BCUT2D eigenvalue weighted by atomic mass is 9.85. The second kappa shape index (κ2) is 6.55. The average Bonchev–Trinajstić information content (AvgIpc) is 2.37. The maximum Gasteiger partial charge on any atom is 0.338 e. The van der Waals surface area contributed by atoms with Crippen LogP contribution in [0.1, 0.15) is 60.9 Å². The number of rotatable bonds is 4. The standard InChI is InChI=1S/C16H22O4/c1-6-19-14(17)11-8-12(15(18)20-7-2)10-13(9-11)16(3,4)5/h8-10H,6-7H2,1-5H3. The summed E-state index contributed by atoms with van der Waals surface area (Å²) in [5.74, 6) is -0.853. The van der Waals surface area contributed by atoms with E-state index in [0.29, 0.717) is 24.3 Å². The van der Waals surface area contributed by atoms with E-state index < -0.39 is 11.9 Å². The van der Waals surface area contributed by atoms with Crippen molar-refractivity contribution in [2.45, 2.75) is 40.0 Å². The molecule has 0 atom stereocenters. The molecule has 0 bridgehead atoms. The van der Waals surface area contributed by atoms with Crippen molar-refractivity contribution in [2.24, 2.45) is 0 Å². The van der Waals surface area contributed by atoms with Crippen LogP contribution in [0.25, 0.3) is 0 Å². The van der Waals surface area contributed by atoms with Gasteiger partial charge in [-0.05, 0) is 43.0 Å². The van der Waals surface area contributed by atoms with E-state index in [-0.39, 0.29) is 5.41 Å². The Morgan fingerprint density at radius 3 is 1.60 bits per heavy atom. The Bertz CT molecular complexity index is 461. The van der Waals surface area contributed by atoms with Crippen LogP contribution in [0, 0.1) is 0 Å². The molecule has 0 saturated heterocycles. The minimum atomic E-state index is -0.427. The van der Waals surface area contributed by atoms with Gasteiger partial charge in [-0.15, -0.1) is 0 Å². The number of esters is 2. The van der Waals surface area contributed by atoms with Crippen LogP contribution in [-0.4, -0.2) is 25.2 Å². The van der Waals surface area contributed by atoms with Crippen LogP contribution in [0.15, 0.2) is 18.2 Å². The van der Waals surface area contributed by atoms with Gasteiger partial charge in [0.15, 0.2) is 0 Å². The summed E-state index contributed by atoms with van der Waals surface area (Å²) in [6, 6.07) is 5.05. The lowest BCUT2D eigenvalue weighted by molar-refractivity contribution is 0.0525. The van der Waals surface area contributed by atoms with Crippen molar-refractivity contribution in [2.75, 3.05) is 13.2 Å². The molecule has 4 nitrogen and oxygen atoms in total. The monoisotopic (exact) mass is 278 g/mol. The second-order valence-corrected chi connectivity index (χ2v) is 5.49. The average molecular weight is 278 g/mol. The Kier molecular flexibility index (Phi) is 5.31. The molecule has 0 heterocycles. The first-order chi connectivity index (χ1) is 9.29. The molecule has 0 aliphatic rings. The Hall–Kier alpha value is -1.84. The van der Waals surface area contributed by atoms with Crippen molar-refractivity contribution in [1.29, 1.82) is 0 Å². The van der Waals surface area contributed by atoms with Crippen LogP contribution >= 0.6 is 0 Å². The van der Waals surface area contributed by atoms with E-state index in [0.717, 1.165) is 5.56 Å². The largest absolute Gasteiger partial charge is 0.462 e. The molecule has 0 N–H and O–H groups in total. The normalized spacial score (nSPS) is 11.1. The zero-order valence-corrected chi connectivity index (χ0v) is 12.8. The zero-order chi connectivity index (χ0) is 15.3. The van der Waals surface area contributed by atoms with Gasteiger partial charge in [-0.2, -0.15) is 0 Å². The third-order valence-corrected chi connectivity index (χ3v) is 2.82. The highest BCUT2D eigenvalue weighted by molar-refractivity contribution is 5.95. The van der Waals surface area contributed by atoms with Gasteiger partial charge in [0.2, 0.25) is 0 Å². The van der Waals surface area contributed by atoms with E-state index in [1.165, 1.54) is 6.07 Å². The van der Waals surface area contributed by atoms with Crippen LogP contribution in [0.5, 0.6) is 0 Å².